The van der Waals surface area contributed by atoms with Crippen molar-refractivity contribution in [3.05, 3.63) is 23.8 Å². The van der Waals surface area contributed by atoms with Gasteiger partial charge in [-0.1, -0.05) is 6.92 Å². The maximum atomic E-state index is 11.3. The normalized spacial score (nSPS) is 15.6. The van der Waals surface area contributed by atoms with Crippen molar-refractivity contribution in [2.24, 2.45) is 5.92 Å². The van der Waals surface area contributed by atoms with Crippen molar-refractivity contribution in [2.75, 3.05) is 17.8 Å². The van der Waals surface area contributed by atoms with E-state index in [-0.39, 0.29) is 5.91 Å². The Balaban J connectivity index is 1.86. The van der Waals surface area contributed by atoms with Gasteiger partial charge in [0.15, 0.2) is 0 Å². The fourth-order valence-electron chi connectivity index (χ4n) is 2.16. The fraction of sp³-hybridized carbons (Fsp3) is 0.533. The van der Waals surface area contributed by atoms with E-state index >= 15 is 0 Å². The van der Waals surface area contributed by atoms with Crippen molar-refractivity contribution in [2.45, 2.75) is 32.6 Å². The largest absolute Gasteiger partial charge is 0.494 e. The van der Waals surface area contributed by atoms with E-state index in [0.717, 1.165) is 36.3 Å². The smallest absolute Gasteiger partial charge is 0.224 e. The highest BCUT2D eigenvalue weighted by Gasteiger charge is 2.15. The van der Waals surface area contributed by atoms with Crippen molar-refractivity contribution in [3.63, 3.8) is 0 Å². The monoisotopic (exact) mass is 281 g/mol. The molecule has 0 aliphatic carbocycles. The number of nitrogens with one attached hydrogen (secondary N) is 1. The van der Waals surface area contributed by atoms with Crippen molar-refractivity contribution in [1.82, 2.24) is 0 Å². The Kier molecular flexibility index (Phi) is 5.08. The summed E-state index contributed by atoms with van der Waals surface area (Å²) < 4.78 is 5.76. The van der Waals surface area contributed by atoms with Gasteiger partial charge in [0.25, 0.3) is 0 Å². The molecule has 0 spiro atoms. The first-order valence-electron chi connectivity index (χ1n) is 6.80. The highest BCUT2D eigenvalue weighted by Crippen LogP contribution is 2.27. The van der Waals surface area contributed by atoms with E-state index in [2.05, 4.69) is 12.2 Å². The molecule has 3 nitrogen and oxygen atoms in total. The quantitative estimate of drug-likeness (QED) is 0.809. The molecule has 0 radical (unpaired) electrons. The Labute approximate surface area is 119 Å². The number of aryl methyl sites for hydroxylation is 1. The van der Waals surface area contributed by atoms with Crippen molar-refractivity contribution >= 4 is 23.2 Å². The molecule has 104 valence electrons. The number of halogens is 1. The number of carbonyl (C=O) groups is 1. The highest BCUT2D eigenvalue weighted by atomic mass is 35.5. The van der Waals surface area contributed by atoms with E-state index in [9.17, 15) is 4.79 Å². The number of alkyl halides is 1. The molecule has 1 aromatic rings. The van der Waals surface area contributed by atoms with Crippen molar-refractivity contribution in [3.8, 4) is 5.75 Å². The Morgan fingerprint density at radius 2 is 2.21 bits per heavy atom. The molecule has 2 rings (SSSR count). The number of ether oxygens (including phenoxy) is 1. The van der Waals surface area contributed by atoms with Crippen LogP contribution in [0.2, 0.25) is 0 Å². The van der Waals surface area contributed by atoms with E-state index in [4.69, 9.17) is 16.3 Å². The van der Waals surface area contributed by atoms with Gasteiger partial charge in [-0.25, -0.2) is 0 Å². The summed E-state index contributed by atoms with van der Waals surface area (Å²) in [6.07, 6.45) is 3.39. The molecule has 1 aliphatic heterocycles. The Bertz CT molecular complexity index is 448. The van der Waals surface area contributed by atoms with Gasteiger partial charge in [-0.05, 0) is 48.9 Å². The van der Waals surface area contributed by atoms with Crippen LogP contribution in [0.25, 0.3) is 0 Å². The van der Waals surface area contributed by atoms with Gasteiger partial charge >= 0.3 is 0 Å². The second-order valence-electron chi connectivity index (χ2n) is 5.09. The molecule has 0 saturated carbocycles. The van der Waals surface area contributed by atoms with Crippen LogP contribution in [0.3, 0.4) is 0 Å². The SMILES string of the molecule is CC(CCCl)CCOc1ccc2c(c1)CCC(=O)N2. The third-order valence-electron chi connectivity index (χ3n) is 3.45. The van der Waals surface area contributed by atoms with Crippen LogP contribution in [0.4, 0.5) is 5.69 Å². The molecule has 1 aliphatic rings. The number of hydrogen-bond acceptors (Lipinski definition) is 2. The first-order chi connectivity index (χ1) is 9.19. The molecule has 1 atom stereocenters. The zero-order valence-electron chi connectivity index (χ0n) is 11.2. The van der Waals surface area contributed by atoms with Crippen LogP contribution in [0.5, 0.6) is 5.75 Å². The molecule has 0 fully saturated rings. The summed E-state index contributed by atoms with van der Waals surface area (Å²) in [5.74, 6) is 2.28. The summed E-state index contributed by atoms with van der Waals surface area (Å²) in [5, 5.41) is 2.87. The third kappa shape index (κ3) is 4.13. The lowest BCUT2D eigenvalue weighted by molar-refractivity contribution is -0.116. The van der Waals surface area contributed by atoms with Crippen LogP contribution in [0.15, 0.2) is 18.2 Å². The lowest BCUT2D eigenvalue weighted by Gasteiger charge is -2.18. The molecule has 0 saturated heterocycles. The van der Waals surface area contributed by atoms with E-state index in [1.54, 1.807) is 0 Å². The van der Waals surface area contributed by atoms with Crippen LogP contribution >= 0.6 is 11.6 Å². The number of amides is 1. The minimum atomic E-state index is 0.0936. The average Bonchev–Trinajstić information content (AvgIpc) is 2.39. The van der Waals surface area contributed by atoms with Crippen LogP contribution in [0, 0.1) is 5.92 Å². The number of anilines is 1. The summed E-state index contributed by atoms with van der Waals surface area (Å²) in [7, 11) is 0. The van der Waals surface area contributed by atoms with Gasteiger partial charge in [0.2, 0.25) is 5.91 Å². The molecule has 1 heterocycles. The molecule has 4 heteroatoms. The zero-order chi connectivity index (χ0) is 13.7. The molecule has 0 bridgehead atoms. The summed E-state index contributed by atoms with van der Waals surface area (Å²) in [5.41, 5.74) is 2.07. The van der Waals surface area contributed by atoms with Crippen LogP contribution < -0.4 is 10.1 Å². The van der Waals surface area contributed by atoms with Crippen LogP contribution in [-0.4, -0.2) is 18.4 Å². The van der Waals surface area contributed by atoms with E-state index in [1.165, 1.54) is 0 Å². The second-order valence-corrected chi connectivity index (χ2v) is 5.47. The standard InChI is InChI=1S/C15H20ClNO2/c1-11(6-8-16)7-9-19-13-3-4-14-12(10-13)2-5-15(18)17-14/h3-4,10-11H,2,5-9H2,1H3,(H,17,18). The Hall–Kier alpha value is -1.22. The number of fused-ring (bicyclic) bond motifs is 1. The minimum Gasteiger partial charge on any atom is -0.494 e. The molecule has 1 N–H and O–H groups in total. The van der Waals surface area contributed by atoms with Gasteiger partial charge in [0, 0.05) is 18.0 Å². The number of carbonyl (C=O) groups excluding carboxylic acids is 1. The van der Waals surface area contributed by atoms with E-state index in [0.29, 0.717) is 24.8 Å². The number of hydrogen-bond donors (Lipinski definition) is 1. The fourth-order valence-corrected chi connectivity index (χ4v) is 2.53. The molecule has 1 amide bonds. The number of rotatable bonds is 6. The Morgan fingerprint density at radius 3 is 3.00 bits per heavy atom. The van der Waals surface area contributed by atoms with Crippen LogP contribution in [0.1, 0.15) is 31.7 Å². The lowest BCUT2D eigenvalue weighted by atomic mass is 10.0. The lowest BCUT2D eigenvalue weighted by Crippen LogP contribution is -2.18. The highest BCUT2D eigenvalue weighted by molar-refractivity contribution is 6.17. The maximum Gasteiger partial charge on any atom is 0.224 e. The van der Waals surface area contributed by atoms with E-state index < -0.39 is 0 Å². The first kappa shape index (κ1) is 14.2. The summed E-state index contributed by atoms with van der Waals surface area (Å²) in [4.78, 5) is 11.3. The van der Waals surface area contributed by atoms with Gasteiger partial charge in [0.05, 0.1) is 6.61 Å². The van der Waals surface area contributed by atoms with E-state index in [1.807, 2.05) is 18.2 Å². The maximum absolute atomic E-state index is 11.3. The van der Waals surface area contributed by atoms with Gasteiger partial charge in [-0.2, -0.15) is 0 Å². The van der Waals surface area contributed by atoms with Gasteiger partial charge in [0.1, 0.15) is 5.75 Å². The zero-order valence-corrected chi connectivity index (χ0v) is 12.0. The molecule has 19 heavy (non-hydrogen) atoms. The van der Waals surface area contributed by atoms with Gasteiger partial charge in [-0.3, -0.25) is 4.79 Å². The predicted molar refractivity (Wildman–Crippen MR) is 78.0 cm³/mol. The van der Waals surface area contributed by atoms with Crippen molar-refractivity contribution < 1.29 is 9.53 Å². The predicted octanol–water partition coefficient (Wildman–Crippen LogP) is 3.61. The van der Waals surface area contributed by atoms with Gasteiger partial charge < -0.3 is 10.1 Å². The van der Waals surface area contributed by atoms with Crippen LogP contribution in [-0.2, 0) is 11.2 Å². The Morgan fingerprint density at radius 1 is 1.37 bits per heavy atom. The number of benzene rings is 1. The summed E-state index contributed by atoms with van der Waals surface area (Å²) >= 11 is 5.71. The average molecular weight is 282 g/mol. The molecular weight excluding hydrogens is 262 g/mol. The molecular formula is C15H20ClNO2. The first-order valence-corrected chi connectivity index (χ1v) is 7.34. The minimum absolute atomic E-state index is 0.0936. The molecule has 0 aromatic heterocycles. The summed E-state index contributed by atoms with van der Waals surface area (Å²) in [6.45, 7) is 2.90. The summed E-state index contributed by atoms with van der Waals surface area (Å²) in [6, 6.07) is 5.86. The molecule has 1 aromatic carbocycles. The second kappa shape index (κ2) is 6.80. The third-order valence-corrected chi connectivity index (χ3v) is 3.67. The van der Waals surface area contributed by atoms with Gasteiger partial charge in [-0.15, -0.1) is 11.6 Å². The molecule has 1 unspecified atom stereocenters. The topological polar surface area (TPSA) is 38.3 Å². The van der Waals surface area contributed by atoms with Crippen molar-refractivity contribution in [1.29, 1.82) is 0 Å².